The molecule has 1 aliphatic heterocycles. The summed E-state index contributed by atoms with van der Waals surface area (Å²) in [5, 5.41) is 5.88. The summed E-state index contributed by atoms with van der Waals surface area (Å²) in [6, 6.07) is 6.92. The molecule has 24 heavy (non-hydrogen) atoms. The molecule has 0 unspecified atom stereocenters. The van der Waals surface area contributed by atoms with E-state index in [0.717, 1.165) is 12.3 Å². The second-order valence-corrected chi connectivity index (χ2v) is 8.10. The lowest BCUT2D eigenvalue weighted by molar-refractivity contribution is 0.148. The van der Waals surface area contributed by atoms with Crippen LogP contribution in [0.1, 0.15) is 54.8 Å². The number of likely N-dealkylation sites (tertiary alicyclic amines) is 1. The normalized spacial score (nSPS) is 25.5. The number of benzene rings is 1. The summed E-state index contributed by atoms with van der Waals surface area (Å²) in [6.45, 7) is 5.85. The predicted octanol–water partition coefficient (Wildman–Crippen LogP) is 3.11. The van der Waals surface area contributed by atoms with Gasteiger partial charge >= 0.3 is 6.03 Å². The van der Waals surface area contributed by atoms with E-state index in [1.807, 2.05) is 0 Å². The minimum absolute atomic E-state index is 0.0734. The average molecular weight is 327 g/mol. The summed E-state index contributed by atoms with van der Waals surface area (Å²) in [5.41, 5.74) is 4.37. The number of carbonyl (C=O) groups excluding carboxylic acids is 1. The summed E-state index contributed by atoms with van der Waals surface area (Å²) >= 11 is 0. The Morgan fingerprint density at radius 1 is 1.29 bits per heavy atom. The van der Waals surface area contributed by atoms with Crippen molar-refractivity contribution in [1.82, 2.24) is 15.5 Å². The molecule has 1 aromatic carbocycles. The predicted molar refractivity (Wildman–Crippen MR) is 96.2 cm³/mol. The number of fused-ring (bicyclic) bond motifs is 2. The molecular formula is C20H29N3O. The molecular weight excluding hydrogens is 298 g/mol. The molecule has 130 valence electrons. The minimum atomic E-state index is -0.0734. The first kappa shape index (κ1) is 15.9. The fourth-order valence-electron chi connectivity index (χ4n) is 4.73. The third-order valence-corrected chi connectivity index (χ3v) is 6.31. The molecule has 1 spiro atoms. The summed E-state index contributed by atoms with van der Waals surface area (Å²) in [6.07, 6.45) is 6.36. The first-order chi connectivity index (χ1) is 11.6. The maximum Gasteiger partial charge on any atom is 0.315 e. The van der Waals surface area contributed by atoms with Crippen LogP contribution in [0.15, 0.2) is 18.2 Å². The molecule has 1 saturated carbocycles. The van der Waals surface area contributed by atoms with Crippen molar-refractivity contribution in [2.24, 2.45) is 5.92 Å². The first-order valence-electron chi connectivity index (χ1n) is 9.41. The zero-order valence-electron chi connectivity index (χ0n) is 14.9. The number of amides is 2. The van der Waals surface area contributed by atoms with Crippen LogP contribution in [0.5, 0.6) is 0 Å². The first-order valence-corrected chi connectivity index (χ1v) is 9.41. The fourth-order valence-corrected chi connectivity index (χ4v) is 4.73. The highest BCUT2D eigenvalue weighted by Crippen LogP contribution is 2.51. The Bertz CT molecular complexity index is 630. The number of nitrogens with zero attached hydrogens (tertiary/aromatic N) is 1. The van der Waals surface area contributed by atoms with Crippen LogP contribution in [-0.4, -0.2) is 37.6 Å². The molecule has 1 aromatic rings. The van der Waals surface area contributed by atoms with Gasteiger partial charge in [-0.15, -0.1) is 0 Å². The van der Waals surface area contributed by atoms with Crippen molar-refractivity contribution in [2.45, 2.75) is 50.5 Å². The van der Waals surface area contributed by atoms with Crippen molar-refractivity contribution in [2.75, 3.05) is 26.7 Å². The maximum absolute atomic E-state index is 11.9. The van der Waals surface area contributed by atoms with E-state index < -0.39 is 0 Å². The van der Waals surface area contributed by atoms with Crippen molar-refractivity contribution in [1.29, 1.82) is 0 Å². The van der Waals surface area contributed by atoms with Gasteiger partial charge in [0.2, 0.25) is 0 Å². The largest absolute Gasteiger partial charge is 0.341 e. The van der Waals surface area contributed by atoms with Crippen molar-refractivity contribution >= 4 is 6.03 Å². The Morgan fingerprint density at radius 2 is 2.04 bits per heavy atom. The second-order valence-electron chi connectivity index (χ2n) is 8.10. The summed E-state index contributed by atoms with van der Waals surface area (Å²) in [5.74, 6) is 0.972. The van der Waals surface area contributed by atoms with Crippen LogP contribution in [0.4, 0.5) is 4.79 Å². The lowest BCUT2D eigenvalue weighted by Gasteiger charge is -2.40. The molecule has 4 nitrogen and oxygen atoms in total. The molecule has 2 amide bonds. The smallest absolute Gasteiger partial charge is 0.315 e. The van der Waals surface area contributed by atoms with E-state index in [-0.39, 0.29) is 17.5 Å². The molecule has 3 aliphatic rings. The molecule has 2 fully saturated rings. The quantitative estimate of drug-likeness (QED) is 0.896. The van der Waals surface area contributed by atoms with Gasteiger partial charge in [-0.3, -0.25) is 0 Å². The molecule has 0 radical (unpaired) electrons. The lowest BCUT2D eigenvalue weighted by atomic mass is 9.73. The number of carbonyl (C=O) groups is 1. The molecule has 0 aromatic heterocycles. The summed E-state index contributed by atoms with van der Waals surface area (Å²) in [7, 11) is 1.69. The van der Waals surface area contributed by atoms with Crippen molar-refractivity contribution < 1.29 is 4.79 Å². The minimum Gasteiger partial charge on any atom is -0.341 e. The Hall–Kier alpha value is -1.55. The zero-order valence-corrected chi connectivity index (χ0v) is 14.9. The van der Waals surface area contributed by atoms with Gasteiger partial charge in [-0.2, -0.15) is 0 Å². The number of urea groups is 1. The van der Waals surface area contributed by atoms with E-state index in [1.54, 1.807) is 7.05 Å². The van der Waals surface area contributed by atoms with Crippen LogP contribution in [0.3, 0.4) is 0 Å². The molecule has 1 heterocycles. The van der Waals surface area contributed by atoms with Crippen molar-refractivity contribution in [3.63, 3.8) is 0 Å². The second kappa shape index (κ2) is 6.07. The van der Waals surface area contributed by atoms with E-state index in [2.05, 4.69) is 40.7 Å². The highest BCUT2D eigenvalue weighted by atomic mass is 16.2. The molecule has 2 aliphatic carbocycles. The van der Waals surface area contributed by atoms with Crippen molar-refractivity contribution in [3.05, 3.63) is 34.9 Å². The number of rotatable bonds is 3. The number of hydrogen-bond donors (Lipinski definition) is 2. The van der Waals surface area contributed by atoms with Gasteiger partial charge in [0.1, 0.15) is 0 Å². The Labute approximate surface area is 145 Å². The van der Waals surface area contributed by atoms with E-state index in [9.17, 15) is 4.79 Å². The van der Waals surface area contributed by atoms with Gasteiger partial charge in [0.05, 0.1) is 6.04 Å². The number of hydrogen-bond acceptors (Lipinski definition) is 2. The standard InChI is InChI=1S/C20H29N3O/c1-14-3-6-17-16(11-14)18(22-19(24)21-2)12-20(17)7-9-23(10-8-20)13-15-4-5-15/h3,6,11,15,18H,4-5,7-10,12-13H2,1-2H3,(H2,21,22,24)/t18-/m0/s1. The van der Waals surface area contributed by atoms with Gasteiger partial charge in [0.15, 0.2) is 0 Å². The topological polar surface area (TPSA) is 44.4 Å². The third-order valence-electron chi connectivity index (χ3n) is 6.31. The van der Waals surface area contributed by atoms with Gasteiger partial charge < -0.3 is 15.5 Å². The van der Waals surface area contributed by atoms with Gasteiger partial charge in [-0.1, -0.05) is 23.8 Å². The van der Waals surface area contributed by atoms with E-state index in [4.69, 9.17) is 0 Å². The van der Waals surface area contributed by atoms with Crippen LogP contribution in [0, 0.1) is 12.8 Å². The molecule has 4 rings (SSSR count). The summed E-state index contributed by atoms with van der Waals surface area (Å²) < 4.78 is 0. The SMILES string of the molecule is CNC(=O)N[C@H]1CC2(CCN(CC3CC3)CC2)c2ccc(C)cc21. The van der Waals surface area contributed by atoms with E-state index in [1.165, 1.54) is 62.0 Å². The van der Waals surface area contributed by atoms with E-state index in [0.29, 0.717) is 0 Å². The Kier molecular flexibility index (Phi) is 4.03. The zero-order chi connectivity index (χ0) is 16.7. The van der Waals surface area contributed by atoms with Gasteiger partial charge in [-0.25, -0.2) is 4.79 Å². The van der Waals surface area contributed by atoms with Gasteiger partial charge in [-0.05, 0) is 69.2 Å². The third kappa shape index (κ3) is 2.92. The number of nitrogens with one attached hydrogen (secondary N) is 2. The van der Waals surface area contributed by atoms with Crippen molar-refractivity contribution in [3.8, 4) is 0 Å². The van der Waals surface area contributed by atoms with Crippen LogP contribution in [0.2, 0.25) is 0 Å². The van der Waals surface area contributed by atoms with Gasteiger partial charge in [0.25, 0.3) is 0 Å². The lowest BCUT2D eigenvalue weighted by Crippen LogP contribution is -2.43. The van der Waals surface area contributed by atoms with Crippen LogP contribution in [-0.2, 0) is 5.41 Å². The Morgan fingerprint density at radius 3 is 2.71 bits per heavy atom. The average Bonchev–Trinajstić information content (AvgIpc) is 3.35. The highest BCUT2D eigenvalue weighted by Gasteiger charge is 2.46. The monoisotopic (exact) mass is 327 g/mol. The number of aryl methyl sites for hydroxylation is 1. The molecule has 1 saturated heterocycles. The van der Waals surface area contributed by atoms with Crippen LogP contribution in [0.25, 0.3) is 0 Å². The molecule has 4 heteroatoms. The Balaban J connectivity index is 1.55. The number of piperidine rings is 1. The summed E-state index contributed by atoms with van der Waals surface area (Å²) in [4.78, 5) is 14.5. The molecule has 0 bridgehead atoms. The fraction of sp³-hybridized carbons (Fsp3) is 0.650. The molecule has 2 N–H and O–H groups in total. The van der Waals surface area contributed by atoms with E-state index >= 15 is 0 Å². The maximum atomic E-state index is 11.9. The molecule has 1 atom stereocenters. The van der Waals surface area contributed by atoms with Gasteiger partial charge in [0, 0.05) is 19.0 Å². The highest BCUT2D eigenvalue weighted by molar-refractivity contribution is 5.74. The van der Waals surface area contributed by atoms with Crippen LogP contribution >= 0.6 is 0 Å². The van der Waals surface area contributed by atoms with Crippen LogP contribution < -0.4 is 10.6 Å².